The lowest BCUT2D eigenvalue weighted by Gasteiger charge is -2.46. The zero-order chi connectivity index (χ0) is 20.0. The molecule has 0 aromatic heterocycles. The molecule has 2 atom stereocenters. The number of carbonyl (C=O) groups excluding carboxylic acids is 2. The zero-order valence-corrected chi connectivity index (χ0v) is 15.9. The lowest BCUT2D eigenvalue weighted by atomic mass is 9.88. The number of nitrogens with zero attached hydrogens (tertiary/aromatic N) is 1. The van der Waals surface area contributed by atoms with Gasteiger partial charge in [0.25, 0.3) is 5.91 Å². The molecule has 142 valence electrons. The van der Waals surface area contributed by atoms with Gasteiger partial charge in [-0.05, 0) is 27.8 Å². The number of rotatable bonds is 3. The SMILES string of the molecule is CC(=O)OC1C(=O)N(c2cc3ccccc3c3ccccc23)[C@H]1c1ccccc1. The predicted molar refractivity (Wildman–Crippen MR) is 114 cm³/mol. The highest BCUT2D eigenvalue weighted by atomic mass is 16.6. The van der Waals surface area contributed by atoms with Gasteiger partial charge in [-0.1, -0.05) is 78.9 Å². The molecule has 1 heterocycles. The molecule has 1 aliphatic heterocycles. The van der Waals surface area contributed by atoms with E-state index in [0.717, 1.165) is 32.8 Å². The van der Waals surface area contributed by atoms with E-state index in [-0.39, 0.29) is 11.9 Å². The molecule has 1 saturated heterocycles. The summed E-state index contributed by atoms with van der Waals surface area (Å²) in [4.78, 5) is 26.5. The first kappa shape index (κ1) is 17.4. The molecule has 4 heteroatoms. The van der Waals surface area contributed by atoms with Crippen molar-refractivity contribution in [1.29, 1.82) is 0 Å². The van der Waals surface area contributed by atoms with Crippen molar-refractivity contribution in [3.8, 4) is 0 Å². The van der Waals surface area contributed by atoms with Crippen molar-refractivity contribution in [2.45, 2.75) is 19.1 Å². The molecule has 1 unspecified atom stereocenters. The van der Waals surface area contributed by atoms with Gasteiger partial charge in [-0.25, -0.2) is 0 Å². The summed E-state index contributed by atoms with van der Waals surface area (Å²) in [6.07, 6.45) is -0.805. The maximum atomic E-state index is 13.1. The normalized spacial score (nSPS) is 18.7. The molecule has 0 radical (unpaired) electrons. The van der Waals surface area contributed by atoms with Crippen molar-refractivity contribution in [3.63, 3.8) is 0 Å². The molecule has 0 saturated carbocycles. The van der Waals surface area contributed by atoms with Gasteiger partial charge in [-0.15, -0.1) is 0 Å². The number of benzene rings is 4. The van der Waals surface area contributed by atoms with Crippen molar-refractivity contribution >= 4 is 39.1 Å². The number of fused-ring (bicyclic) bond motifs is 3. The summed E-state index contributed by atoms with van der Waals surface area (Å²) < 4.78 is 5.39. The molecule has 4 aromatic carbocycles. The minimum atomic E-state index is -0.805. The van der Waals surface area contributed by atoms with Crippen molar-refractivity contribution in [2.24, 2.45) is 0 Å². The van der Waals surface area contributed by atoms with Crippen LogP contribution in [0.4, 0.5) is 5.69 Å². The molecule has 4 aromatic rings. The van der Waals surface area contributed by atoms with Crippen molar-refractivity contribution in [2.75, 3.05) is 4.90 Å². The van der Waals surface area contributed by atoms with Crippen LogP contribution in [0.1, 0.15) is 18.5 Å². The number of amides is 1. The molecule has 0 bridgehead atoms. The largest absolute Gasteiger partial charge is 0.450 e. The van der Waals surface area contributed by atoms with Crippen molar-refractivity contribution in [1.82, 2.24) is 0 Å². The minimum absolute atomic E-state index is 0.200. The molecule has 5 rings (SSSR count). The first-order chi connectivity index (χ1) is 14.1. The summed E-state index contributed by atoms with van der Waals surface area (Å²) in [7, 11) is 0. The van der Waals surface area contributed by atoms with E-state index in [4.69, 9.17) is 4.74 Å². The third-order valence-electron chi connectivity index (χ3n) is 5.49. The first-order valence-electron chi connectivity index (χ1n) is 9.61. The lowest BCUT2D eigenvalue weighted by Crippen LogP contribution is -2.60. The molecule has 1 aliphatic rings. The molecule has 0 aliphatic carbocycles. The highest BCUT2D eigenvalue weighted by Gasteiger charge is 2.51. The third kappa shape index (κ3) is 2.76. The van der Waals surface area contributed by atoms with Gasteiger partial charge in [0.1, 0.15) is 6.04 Å². The fraction of sp³-hybridized carbons (Fsp3) is 0.120. The second-order valence-corrected chi connectivity index (χ2v) is 7.26. The van der Waals surface area contributed by atoms with Crippen LogP contribution in [0, 0.1) is 0 Å². The van der Waals surface area contributed by atoms with Gasteiger partial charge in [0.15, 0.2) is 0 Å². The topological polar surface area (TPSA) is 46.6 Å². The van der Waals surface area contributed by atoms with Crippen LogP contribution in [0.3, 0.4) is 0 Å². The number of ether oxygens (including phenoxy) is 1. The molecule has 1 fully saturated rings. The number of carbonyl (C=O) groups is 2. The molecule has 29 heavy (non-hydrogen) atoms. The second-order valence-electron chi connectivity index (χ2n) is 7.26. The van der Waals surface area contributed by atoms with Gasteiger partial charge < -0.3 is 4.74 Å². The van der Waals surface area contributed by atoms with E-state index >= 15 is 0 Å². The van der Waals surface area contributed by atoms with E-state index in [1.165, 1.54) is 6.92 Å². The Morgan fingerprint density at radius 3 is 2.17 bits per heavy atom. The van der Waals surface area contributed by atoms with E-state index in [9.17, 15) is 9.59 Å². The van der Waals surface area contributed by atoms with Crippen LogP contribution in [-0.2, 0) is 14.3 Å². The van der Waals surface area contributed by atoms with Gasteiger partial charge in [0.05, 0.1) is 5.69 Å². The van der Waals surface area contributed by atoms with Crippen LogP contribution in [0.15, 0.2) is 84.9 Å². The highest BCUT2D eigenvalue weighted by molar-refractivity contribution is 6.18. The highest BCUT2D eigenvalue weighted by Crippen LogP contribution is 2.45. The molecular weight excluding hydrogens is 362 g/mol. The Bertz CT molecular complexity index is 1250. The summed E-state index contributed by atoms with van der Waals surface area (Å²) in [5, 5.41) is 4.31. The molecular formula is C25H19NO3. The molecule has 0 N–H and O–H groups in total. The van der Waals surface area contributed by atoms with Gasteiger partial charge in [0.2, 0.25) is 6.10 Å². The summed E-state index contributed by atoms with van der Waals surface area (Å²) in [5.74, 6) is -0.651. The number of hydrogen-bond acceptors (Lipinski definition) is 3. The van der Waals surface area contributed by atoms with E-state index < -0.39 is 12.1 Å². The van der Waals surface area contributed by atoms with Gasteiger partial charge in [-0.2, -0.15) is 0 Å². The minimum Gasteiger partial charge on any atom is -0.450 e. The van der Waals surface area contributed by atoms with E-state index in [1.807, 2.05) is 60.7 Å². The summed E-state index contributed by atoms with van der Waals surface area (Å²) in [6.45, 7) is 1.34. The van der Waals surface area contributed by atoms with Crippen LogP contribution in [0.25, 0.3) is 21.5 Å². The average Bonchev–Trinajstić information content (AvgIpc) is 2.76. The monoisotopic (exact) mass is 381 g/mol. The van der Waals surface area contributed by atoms with E-state index in [0.29, 0.717) is 0 Å². The number of esters is 1. The quantitative estimate of drug-likeness (QED) is 0.285. The van der Waals surface area contributed by atoms with Crippen LogP contribution in [-0.4, -0.2) is 18.0 Å². The molecule has 0 spiro atoms. The standard InChI is InChI=1S/C25H19NO3/c1-16(27)29-24-23(17-9-3-2-4-10-17)26(25(24)28)22-15-18-11-5-6-12-19(18)20-13-7-8-14-21(20)22/h2-15,23-24H,1H3/t23-,24?/m0/s1. The maximum Gasteiger partial charge on any atom is 0.303 e. The maximum absolute atomic E-state index is 13.1. The van der Waals surface area contributed by atoms with Crippen LogP contribution < -0.4 is 4.90 Å². The number of β-lactam (4-membered cyclic amide) rings is 1. The van der Waals surface area contributed by atoms with Crippen molar-refractivity contribution < 1.29 is 14.3 Å². The predicted octanol–water partition coefficient (Wildman–Crippen LogP) is 5.01. The van der Waals surface area contributed by atoms with E-state index in [2.05, 4.69) is 24.3 Å². The third-order valence-corrected chi connectivity index (χ3v) is 5.49. The summed E-state index contributed by atoms with van der Waals surface area (Å²) in [5.41, 5.74) is 1.78. The molecule has 4 nitrogen and oxygen atoms in total. The van der Waals surface area contributed by atoms with Crippen molar-refractivity contribution in [3.05, 3.63) is 90.5 Å². The Balaban J connectivity index is 1.72. The Labute approximate surface area is 168 Å². The van der Waals surface area contributed by atoms with Crippen LogP contribution in [0.2, 0.25) is 0 Å². The Morgan fingerprint density at radius 2 is 1.45 bits per heavy atom. The first-order valence-corrected chi connectivity index (χ1v) is 9.61. The number of hydrogen-bond donors (Lipinski definition) is 0. The van der Waals surface area contributed by atoms with Gasteiger partial charge >= 0.3 is 5.97 Å². The van der Waals surface area contributed by atoms with Crippen LogP contribution in [0.5, 0.6) is 0 Å². The van der Waals surface area contributed by atoms with Crippen LogP contribution >= 0.6 is 0 Å². The smallest absolute Gasteiger partial charge is 0.303 e. The second kappa shape index (κ2) is 6.74. The average molecular weight is 381 g/mol. The Kier molecular flexibility index (Phi) is 4.06. The number of anilines is 1. The fourth-order valence-corrected chi connectivity index (χ4v) is 4.23. The van der Waals surface area contributed by atoms with E-state index in [1.54, 1.807) is 4.90 Å². The van der Waals surface area contributed by atoms with Gasteiger partial charge in [-0.3, -0.25) is 14.5 Å². The zero-order valence-electron chi connectivity index (χ0n) is 15.9. The lowest BCUT2D eigenvalue weighted by molar-refractivity contribution is -0.160. The summed E-state index contributed by atoms with van der Waals surface area (Å²) >= 11 is 0. The molecule has 1 amide bonds. The Morgan fingerprint density at radius 1 is 0.828 bits per heavy atom. The Hall–Kier alpha value is -3.66. The fourth-order valence-electron chi connectivity index (χ4n) is 4.23. The van der Waals surface area contributed by atoms with Gasteiger partial charge in [0, 0.05) is 12.3 Å². The summed E-state index contributed by atoms with van der Waals surface area (Å²) in [6, 6.07) is 27.7.